The van der Waals surface area contributed by atoms with Crippen molar-refractivity contribution in [3.8, 4) is 0 Å². The van der Waals surface area contributed by atoms with Gasteiger partial charge in [-0.05, 0) is 6.42 Å². The molecule has 0 aromatic carbocycles. The molecular formula is C11H20O2. The highest BCUT2D eigenvalue weighted by molar-refractivity contribution is 5.82. The molecule has 0 spiro atoms. The van der Waals surface area contributed by atoms with Crippen LogP contribution in [0, 0.1) is 5.92 Å². The van der Waals surface area contributed by atoms with Crippen LogP contribution in [0.25, 0.3) is 0 Å². The van der Waals surface area contributed by atoms with Gasteiger partial charge < -0.3 is 4.79 Å². The Kier molecular flexibility index (Phi) is 7.56. The van der Waals surface area contributed by atoms with Crippen molar-refractivity contribution in [2.24, 2.45) is 5.92 Å². The minimum absolute atomic E-state index is 0.00551. The van der Waals surface area contributed by atoms with E-state index >= 15 is 0 Å². The van der Waals surface area contributed by atoms with Crippen molar-refractivity contribution in [1.29, 1.82) is 0 Å². The number of hydrogen-bond donors (Lipinski definition) is 0. The second-order valence-corrected chi connectivity index (χ2v) is 3.41. The molecule has 0 aliphatic rings. The molecule has 0 amide bonds. The van der Waals surface area contributed by atoms with Crippen molar-refractivity contribution in [1.82, 2.24) is 0 Å². The lowest BCUT2D eigenvalue weighted by Gasteiger charge is -2.10. The molecule has 0 aliphatic heterocycles. The predicted octanol–water partition coefficient (Wildman–Crippen LogP) is 2.75. The number of carbonyl (C=O) groups excluding carboxylic acids is 2. The van der Waals surface area contributed by atoms with Gasteiger partial charge in [0.05, 0.1) is 0 Å². The van der Waals surface area contributed by atoms with E-state index in [4.69, 9.17) is 0 Å². The molecular weight excluding hydrogens is 164 g/mol. The lowest BCUT2D eigenvalue weighted by molar-refractivity contribution is -0.124. The molecule has 0 saturated carbocycles. The molecule has 0 N–H and O–H groups in total. The molecule has 76 valence electrons. The molecule has 2 heteroatoms. The van der Waals surface area contributed by atoms with Crippen molar-refractivity contribution in [3.05, 3.63) is 0 Å². The van der Waals surface area contributed by atoms with Gasteiger partial charge in [0.15, 0.2) is 0 Å². The van der Waals surface area contributed by atoms with E-state index in [1.807, 2.05) is 6.92 Å². The zero-order chi connectivity index (χ0) is 10.1. The highest BCUT2D eigenvalue weighted by atomic mass is 16.1. The monoisotopic (exact) mass is 184 g/mol. The van der Waals surface area contributed by atoms with Gasteiger partial charge in [-0.25, -0.2) is 0 Å². The van der Waals surface area contributed by atoms with Crippen molar-refractivity contribution in [3.63, 3.8) is 0 Å². The molecule has 0 aromatic heterocycles. The highest BCUT2D eigenvalue weighted by Crippen LogP contribution is 2.15. The smallest absolute Gasteiger partial charge is 0.136 e. The number of aldehydes is 1. The fraction of sp³-hybridized carbons (Fsp3) is 0.818. The summed E-state index contributed by atoms with van der Waals surface area (Å²) in [6.45, 7) is 4.00. The first-order chi connectivity index (χ1) is 6.26. The average Bonchev–Trinajstić information content (AvgIpc) is 2.16. The Bertz CT molecular complexity index is 152. The molecule has 0 bridgehead atoms. The quantitative estimate of drug-likeness (QED) is 0.429. The third-order valence-corrected chi connectivity index (χ3v) is 2.34. The van der Waals surface area contributed by atoms with Gasteiger partial charge in [0.25, 0.3) is 0 Å². The Hall–Kier alpha value is -0.660. The minimum Gasteiger partial charge on any atom is -0.303 e. The first-order valence-corrected chi connectivity index (χ1v) is 5.22. The predicted molar refractivity (Wildman–Crippen MR) is 53.6 cm³/mol. The van der Waals surface area contributed by atoms with E-state index < -0.39 is 0 Å². The van der Waals surface area contributed by atoms with Crippen LogP contribution in [0.4, 0.5) is 0 Å². The summed E-state index contributed by atoms with van der Waals surface area (Å²) < 4.78 is 0. The van der Waals surface area contributed by atoms with E-state index in [9.17, 15) is 9.59 Å². The van der Waals surface area contributed by atoms with Crippen LogP contribution >= 0.6 is 0 Å². The van der Waals surface area contributed by atoms with Crippen LogP contribution < -0.4 is 0 Å². The maximum atomic E-state index is 11.3. The second kappa shape index (κ2) is 7.96. The Balaban J connectivity index is 3.79. The summed E-state index contributed by atoms with van der Waals surface area (Å²) in [5.74, 6) is 0.234. The maximum Gasteiger partial charge on any atom is 0.136 e. The molecule has 0 aromatic rings. The third-order valence-electron chi connectivity index (χ3n) is 2.34. The summed E-state index contributed by atoms with van der Waals surface area (Å²) in [5.41, 5.74) is 0. The van der Waals surface area contributed by atoms with Crippen LogP contribution in [0.2, 0.25) is 0 Å². The van der Waals surface area contributed by atoms with Crippen LogP contribution in [0.15, 0.2) is 0 Å². The number of hydrogen-bond acceptors (Lipinski definition) is 2. The lowest BCUT2D eigenvalue weighted by atomic mass is 9.93. The van der Waals surface area contributed by atoms with Gasteiger partial charge in [-0.1, -0.05) is 33.1 Å². The van der Waals surface area contributed by atoms with Crippen LogP contribution in [0.1, 0.15) is 52.4 Å². The Morgan fingerprint density at radius 1 is 1.31 bits per heavy atom. The molecule has 0 rings (SSSR count). The topological polar surface area (TPSA) is 34.1 Å². The normalized spacial score (nSPS) is 12.5. The van der Waals surface area contributed by atoms with Gasteiger partial charge in [-0.2, -0.15) is 0 Å². The van der Waals surface area contributed by atoms with Gasteiger partial charge in [0.2, 0.25) is 0 Å². The fourth-order valence-electron chi connectivity index (χ4n) is 1.46. The largest absolute Gasteiger partial charge is 0.303 e. The summed E-state index contributed by atoms with van der Waals surface area (Å²) in [6, 6.07) is 0. The zero-order valence-corrected chi connectivity index (χ0v) is 8.71. The Morgan fingerprint density at radius 3 is 2.46 bits per heavy atom. The molecule has 0 radical (unpaired) electrons. The van der Waals surface area contributed by atoms with E-state index in [0.29, 0.717) is 12.8 Å². The van der Waals surface area contributed by atoms with Gasteiger partial charge >= 0.3 is 0 Å². The van der Waals surface area contributed by atoms with Gasteiger partial charge in [-0.3, -0.25) is 4.79 Å². The SMILES string of the molecule is CCCCCC(CC=O)C(=O)CC. The van der Waals surface area contributed by atoms with E-state index in [0.717, 1.165) is 32.0 Å². The zero-order valence-electron chi connectivity index (χ0n) is 8.71. The fourth-order valence-corrected chi connectivity index (χ4v) is 1.46. The number of carbonyl (C=O) groups is 2. The average molecular weight is 184 g/mol. The molecule has 1 unspecified atom stereocenters. The van der Waals surface area contributed by atoms with E-state index in [1.54, 1.807) is 0 Å². The van der Waals surface area contributed by atoms with Crippen molar-refractivity contribution >= 4 is 12.1 Å². The molecule has 0 saturated heterocycles. The van der Waals surface area contributed by atoms with Crippen LogP contribution in [0.5, 0.6) is 0 Å². The number of unbranched alkanes of at least 4 members (excludes halogenated alkanes) is 2. The number of Topliss-reactive ketones (excluding diaryl/α,β-unsaturated/α-hetero) is 1. The van der Waals surface area contributed by atoms with E-state index in [1.165, 1.54) is 0 Å². The standard InChI is InChI=1S/C11H20O2/c1-3-5-6-7-10(8-9-12)11(13)4-2/h9-10H,3-8H2,1-2H3. The van der Waals surface area contributed by atoms with Gasteiger partial charge in [0, 0.05) is 18.8 Å². The molecule has 0 heterocycles. The minimum atomic E-state index is -0.00551. The Morgan fingerprint density at radius 2 is 2.00 bits per heavy atom. The summed E-state index contributed by atoms with van der Waals surface area (Å²) >= 11 is 0. The summed E-state index contributed by atoms with van der Waals surface area (Å²) in [7, 11) is 0. The van der Waals surface area contributed by atoms with Crippen molar-refractivity contribution in [2.45, 2.75) is 52.4 Å². The first-order valence-electron chi connectivity index (χ1n) is 5.22. The van der Waals surface area contributed by atoms with Gasteiger partial charge in [0.1, 0.15) is 12.1 Å². The van der Waals surface area contributed by atoms with Gasteiger partial charge in [-0.15, -0.1) is 0 Å². The number of rotatable bonds is 8. The molecule has 13 heavy (non-hydrogen) atoms. The molecule has 0 aliphatic carbocycles. The van der Waals surface area contributed by atoms with E-state index in [-0.39, 0.29) is 11.7 Å². The maximum absolute atomic E-state index is 11.3. The first kappa shape index (κ1) is 12.3. The van der Waals surface area contributed by atoms with Crippen LogP contribution in [-0.2, 0) is 9.59 Å². The summed E-state index contributed by atoms with van der Waals surface area (Å²) in [6.07, 6.45) is 6.12. The van der Waals surface area contributed by atoms with E-state index in [2.05, 4.69) is 6.92 Å². The molecule has 2 nitrogen and oxygen atoms in total. The Labute approximate surface area is 80.7 Å². The molecule has 0 fully saturated rings. The lowest BCUT2D eigenvalue weighted by Crippen LogP contribution is -2.13. The summed E-state index contributed by atoms with van der Waals surface area (Å²) in [5, 5.41) is 0. The van der Waals surface area contributed by atoms with Crippen LogP contribution in [0.3, 0.4) is 0 Å². The second-order valence-electron chi connectivity index (χ2n) is 3.41. The van der Waals surface area contributed by atoms with Crippen LogP contribution in [-0.4, -0.2) is 12.1 Å². The van der Waals surface area contributed by atoms with Crippen molar-refractivity contribution in [2.75, 3.05) is 0 Å². The van der Waals surface area contributed by atoms with Crippen molar-refractivity contribution < 1.29 is 9.59 Å². The highest BCUT2D eigenvalue weighted by Gasteiger charge is 2.14. The molecule has 1 atom stereocenters. The number of ketones is 1. The third kappa shape index (κ3) is 5.56. The summed E-state index contributed by atoms with van der Waals surface area (Å²) in [4.78, 5) is 21.7.